The van der Waals surface area contributed by atoms with Crippen molar-refractivity contribution in [2.45, 2.75) is 57.4 Å². The Morgan fingerprint density at radius 3 is 2.05 bits per heavy atom. The maximum atomic E-state index is 6.04. The zero-order chi connectivity index (χ0) is 13.3. The second-order valence-electron chi connectivity index (χ2n) is 6.28. The third kappa shape index (κ3) is 3.20. The van der Waals surface area contributed by atoms with Crippen LogP contribution in [0.15, 0.2) is 18.2 Å². The van der Waals surface area contributed by atoms with Gasteiger partial charge in [0.2, 0.25) is 0 Å². The monoisotopic (exact) mass is 297 g/mol. The minimum atomic E-state index is 0.584. The van der Waals surface area contributed by atoms with E-state index in [0.717, 1.165) is 5.69 Å². The maximum Gasteiger partial charge on any atom is 0.0441 e. The summed E-state index contributed by atoms with van der Waals surface area (Å²) in [5.74, 6) is 0. The van der Waals surface area contributed by atoms with Gasteiger partial charge in [-0.05, 0) is 62.1 Å². The normalized spacial score (nSPS) is 22.8. The van der Waals surface area contributed by atoms with E-state index >= 15 is 0 Å². The highest BCUT2D eigenvalue weighted by Crippen LogP contribution is 2.49. The fourth-order valence-corrected chi connectivity index (χ4v) is 4.40. The Hall–Kier alpha value is -0.400. The summed E-state index contributed by atoms with van der Waals surface area (Å²) in [5, 5.41) is 5.01. The van der Waals surface area contributed by atoms with Gasteiger partial charge in [0.15, 0.2) is 0 Å². The van der Waals surface area contributed by atoms with Crippen LogP contribution in [-0.4, -0.2) is 6.04 Å². The molecule has 0 saturated heterocycles. The van der Waals surface area contributed by atoms with Gasteiger partial charge in [0.1, 0.15) is 0 Å². The summed E-state index contributed by atoms with van der Waals surface area (Å²) in [4.78, 5) is 0. The first-order chi connectivity index (χ1) is 9.15. The number of rotatable bonds is 2. The number of benzene rings is 1. The molecule has 19 heavy (non-hydrogen) atoms. The molecule has 3 heteroatoms. The molecule has 0 amide bonds. The minimum Gasteiger partial charge on any atom is -0.382 e. The van der Waals surface area contributed by atoms with Crippen LogP contribution in [0, 0.1) is 5.41 Å². The number of halogens is 2. The molecule has 0 aliphatic heterocycles. The van der Waals surface area contributed by atoms with Crippen molar-refractivity contribution in [1.29, 1.82) is 0 Å². The summed E-state index contributed by atoms with van der Waals surface area (Å²) in [6.45, 7) is 0. The highest BCUT2D eigenvalue weighted by Gasteiger charge is 2.37. The summed E-state index contributed by atoms with van der Waals surface area (Å²) >= 11 is 12.1. The molecule has 2 aliphatic rings. The molecule has 104 valence electrons. The summed E-state index contributed by atoms with van der Waals surface area (Å²) in [6.07, 6.45) is 11.2. The molecule has 1 aromatic rings. The van der Waals surface area contributed by atoms with Crippen LogP contribution in [0.2, 0.25) is 10.0 Å². The SMILES string of the molecule is Clc1cc(Cl)cc(NC2CCC3(CCCC3)CC2)c1. The average molecular weight is 298 g/mol. The second-order valence-corrected chi connectivity index (χ2v) is 7.16. The van der Waals surface area contributed by atoms with Crippen LogP contribution >= 0.6 is 23.2 Å². The predicted molar refractivity (Wildman–Crippen MR) is 83.2 cm³/mol. The lowest BCUT2D eigenvalue weighted by molar-refractivity contribution is 0.188. The first-order valence-corrected chi connectivity index (χ1v) is 8.14. The predicted octanol–water partition coefficient (Wildman–Crippen LogP) is 5.91. The fourth-order valence-electron chi connectivity index (χ4n) is 3.87. The quantitative estimate of drug-likeness (QED) is 0.715. The number of hydrogen-bond donors (Lipinski definition) is 1. The van der Waals surface area contributed by atoms with Gasteiger partial charge in [-0.15, -0.1) is 0 Å². The summed E-state index contributed by atoms with van der Waals surface area (Å²) < 4.78 is 0. The van der Waals surface area contributed by atoms with Gasteiger partial charge < -0.3 is 5.32 Å². The highest BCUT2D eigenvalue weighted by molar-refractivity contribution is 6.35. The minimum absolute atomic E-state index is 0.584. The zero-order valence-electron chi connectivity index (χ0n) is 11.2. The lowest BCUT2D eigenvalue weighted by Crippen LogP contribution is -2.31. The van der Waals surface area contributed by atoms with E-state index in [1.165, 1.54) is 51.4 Å². The van der Waals surface area contributed by atoms with E-state index in [0.29, 0.717) is 21.5 Å². The van der Waals surface area contributed by atoms with E-state index < -0.39 is 0 Å². The van der Waals surface area contributed by atoms with E-state index in [1.807, 2.05) is 12.1 Å². The van der Waals surface area contributed by atoms with Crippen LogP contribution in [0.4, 0.5) is 5.69 Å². The molecule has 0 bridgehead atoms. The van der Waals surface area contributed by atoms with Crippen molar-refractivity contribution in [2.24, 2.45) is 5.41 Å². The van der Waals surface area contributed by atoms with E-state index in [4.69, 9.17) is 23.2 Å². The largest absolute Gasteiger partial charge is 0.382 e. The van der Waals surface area contributed by atoms with Gasteiger partial charge in [-0.25, -0.2) is 0 Å². The highest BCUT2D eigenvalue weighted by atomic mass is 35.5. The Morgan fingerprint density at radius 2 is 1.47 bits per heavy atom. The molecule has 0 aromatic heterocycles. The summed E-state index contributed by atoms with van der Waals surface area (Å²) in [6, 6.07) is 6.30. The molecule has 1 nitrogen and oxygen atoms in total. The van der Waals surface area contributed by atoms with Gasteiger partial charge in [0.05, 0.1) is 0 Å². The molecule has 0 radical (unpaired) electrons. The second kappa shape index (κ2) is 5.54. The fraction of sp³-hybridized carbons (Fsp3) is 0.625. The molecule has 3 rings (SSSR count). The molecule has 0 unspecified atom stereocenters. The van der Waals surface area contributed by atoms with Gasteiger partial charge in [-0.2, -0.15) is 0 Å². The van der Waals surface area contributed by atoms with E-state index in [-0.39, 0.29) is 0 Å². The van der Waals surface area contributed by atoms with Gasteiger partial charge in [0, 0.05) is 21.8 Å². The van der Waals surface area contributed by atoms with E-state index in [9.17, 15) is 0 Å². The maximum absolute atomic E-state index is 6.04. The summed E-state index contributed by atoms with van der Waals surface area (Å²) in [7, 11) is 0. The van der Waals surface area contributed by atoms with Crippen molar-refractivity contribution in [2.75, 3.05) is 5.32 Å². The van der Waals surface area contributed by atoms with E-state index in [2.05, 4.69) is 5.32 Å². The van der Waals surface area contributed by atoms with Gasteiger partial charge in [-0.3, -0.25) is 0 Å². The first-order valence-electron chi connectivity index (χ1n) is 7.38. The van der Waals surface area contributed by atoms with Crippen molar-refractivity contribution >= 4 is 28.9 Å². The van der Waals surface area contributed by atoms with Crippen LogP contribution in [0.25, 0.3) is 0 Å². The Morgan fingerprint density at radius 1 is 0.895 bits per heavy atom. The first kappa shape index (κ1) is 13.6. The molecular formula is C16H21Cl2N. The molecule has 2 fully saturated rings. The third-order valence-electron chi connectivity index (χ3n) is 4.94. The molecule has 0 atom stereocenters. The Kier molecular flexibility index (Phi) is 3.96. The van der Waals surface area contributed by atoms with Crippen LogP contribution in [0.5, 0.6) is 0 Å². The van der Waals surface area contributed by atoms with Crippen molar-refractivity contribution in [1.82, 2.24) is 0 Å². The van der Waals surface area contributed by atoms with Crippen molar-refractivity contribution in [3.63, 3.8) is 0 Å². The zero-order valence-corrected chi connectivity index (χ0v) is 12.7. The molecule has 2 saturated carbocycles. The third-order valence-corrected chi connectivity index (χ3v) is 5.38. The Labute approximate surface area is 125 Å². The molecule has 0 heterocycles. The van der Waals surface area contributed by atoms with E-state index in [1.54, 1.807) is 6.07 Å². The standard InChI is InChI=1S/C16H21Cl2N/c17-12-9-13(18)11-15(10-12)19-14-3-7-16(8-4-14)5-1-2-6-16/h9-11,14,19H,1-8H2. The number of anilines is 1. The lowest BCUT2D eigenvalue weighted by atomic mass is 9.71. The van der Waals surface area contributed by atoms with Crippen LogP contribution in [0.3, 0.4) is 0 Å². The average Bonchev–Trinajstić information content (AvgIpc) is 2.80. The van der Waals surface area contributed by atoms with Gasteiger partial charge in [0.25, 0.3) is 0 Å². The number of nitrogens with one attached hydrogen (secondary N) is 1. The van der Waals surface area contributed by atoms with Crippen molar-refractivity contribution in [3.8, 4) is 0 Å². The topological polar surface area (TPSA) is 12.0 Å². The molecule has 1 N–H and O–H groups in total. The molecular weight excluding hydrogens is 277 g/mol. The molecule has 1 spiro atoms. The number of hydrogen-bond acceptors (Lipinski definition) is 1. The Balaban J connectivity index is 1.59. The Bertz CT molecular complexity index is 422. The van der Waals surface area contributed by atoms with Crippen LogP contribution in [0.1, 0.15) is 51.4 Å². The van der Waals surface area contributed by atoms with Crippen LogP contribution < -0.4 is 5.32 Å². The smallest absolute Gasteiger partial charge is 0.0441 e. The lowest BCUT2D eigenvalue weighted by Gasteiger charge is -2.37. The van der Waals surface area contributed by atoms with Crippen molar-refractivity contribution in [3.05, 3.63) is 28.2 Å². The molecule has 2 aliphatic carbocycles. The molecule has 1 aromatic carbocycles. The van der Waals surface area contributed by atoms with Crippen LogP contribution in [-0.2, 0) is 0 Å². The van der Waals surface area contributed by atoms with Crippen molar-refractivity contribution < 1.29 is 0 Å². The summed E-state index contributed by atoms with van der Waals surface area (Å²) in [5.41, 5.74) is 1.76. The van der Waals surface area contributed by atoms with Gasteiger partial charge >= 0.3 is 0 Å². The van der Waals surface area contributed by atoms with Gasteiger partial charge in [-0.1, -0.05) is 36.0 Å².